The molecular formula is C20H17NO. The third kappa shape index (κ3) is 1.96. The topological polar surface area (TPSA) is 12.5 Å². The van der Waals surface area contributed by atoms with Crippen LogP contribution in [0.2, 0.25) is 0 Å². The Hall–Kier alpha value is -2.74. The molecule has 0 unspecified atom stereocenters. The van der Waals surface area contributed by atoms with Gasteiger partial charge in [0.2, 0.25) is 0 Å². The van der Waals surface area contributed by atoms with Gasteiger partial charge >= 0.3 is 0 Å². The first-order valence-electron chi connectivity index (χ1n) is 7.47. The lowest BCUT2D eigenvalue weighted by atomic mass is 10.1. The maximum absolute atomic E-state index is 6.11. The predicted molar refractivity (Wildman–Crippen MR) is 90.7 cm³/mol. The van der Waals surface area contributed by atoms with Crippen molar-refractivity contribution in [3.8, 4) is 11.5 Å². The molecule has 1 aliphatic rings. The van der Waals surface area contributed by atoms with E-state index in [1.807, 2.05) is 18.2 Å². The third-order valence-electron chi connectivity index (χ3n) is 4.04. The number of hydrogen-bond acceptors (Lipinski definition) is 2. The van der Waals surface area contributed by atoms with Crippen LogP contribution in [0.5, 0.6) is 11.5 Å². The molecule has 1 heterocycles. The Bertz CT molecular complexity index is 843. The molecule has 0 aromatic heterocycles. The Balaban J connectivity index is 2.00. The van der Waals surface area contributed by atoms with Gasteiger partial charge in [-0.2, -0.15) is 0 Å². The fraction of sp³-hybridized carbons (Fsp3) is 0.100. The molecule has 22 heavy (non-hydrogen) atoms. The van der Waals surface area contributed by atoms with E-state index in [2.05, 4.69) is 67.3 Å². The first kappa shape index (κ1) is 13.0. The van der Waals surface area contributed by atoms with Gasteiger partial charge in [-0.05, 0) is 55.3 Å². The molecule has 0 bridgehead atoms. The van der Waals surface area contributed by atoms with Crippen LogP contribution in [0.4, 0.5) is 17.1 Å². The highest BCUT2D eigenvalue weighted by atomic mass is 16.5. The van der Waals surface area contributed by atoms with Crippen LogP contribution in [0, 0.1) is 13.8 Å². The van der Waals surface area contributed by atoms with Gasteiger partial charge in [-0.15, -0.1) is 0 Å². The second-order valence-electron chi connectivity index (χ2n) is 5.66. The number of aryl methyl sites for hydroxylation is 2. The highest BCUT2D eigenvalue weighted by Crippen LogP contribution is 2.50. The van der Waals surface area contributed by atoms with Gasteiger partial charge in [0.1, 0.15) is 0 Å². The quantitative estimate of drug-likeness (QED) is 0.433. The van der Waals surface area contributed by atoms with Crippen molar-refractivity contribution in [2.24, 2.45) is 0 Å². The number of anilines is 3. The van der Waals surface area contributed by atoms with E-state index >= 15 is 0 Å². The van der Waals surface area contributed by atoms with Gasteiger partial charge in [-0.25, -0.2) is 0 Å². The fourth-order valence-electron chi connectivity index (χ4n) is 2.94. The lowest BCUT2D eigenvalue weighted by Crippen LogP contribution is -2.16. The van der Waals surface area contributed by atoms with E-state index in [1.165, 1.54) is 16.8 Å². The highest BCUT2D eigenvalue weighted by Gasteiger charge is 2.26. The standard InChI is InChI=1S/C20H17NO/c1-14-11-12-18-20(13-14)22-19-10-6-5-9-17(19)21(18)16-8-4-3-7-15(16)2/h3-13H,1-2H3. The maximum Gasteiger partial charge on any atom is 0.151 e. The smallest absolute Gasteiger partial charge is 0.151 e. The van der Waals surface area contributed by atoms with Gasteiger partial charge in [-0.3, -0.25) is 0 Å². The molecular weight excluding hydrogens is 270 g/mol. The number of rotatable bonds is 1. The number of para-hydroxylation sites is 3. The van der Waals surface area contributed by atoms with Crippen LogP contribution in [0.15, 0.2) is 66.7 Å². The molecule has 0 saturated heterocycles. The van der Waals surface area contributed by atoms with E-state index < -0.39 is 0 Å². The van der Waals surface area contributed by atoms with Gasteiger partial charge in [0.25, 0.3) is 0 Å². The monoisotopic (exact) mass is 287 g/mol. The molecule has 0 aliphatic carbocycles. The molecule has 0 fully saturated rings. The van der Waals surface area contributed by atoms with Crippen molar-refractivity contribution in [3.63, 3.8) is 0 Å². The molecule has 0 radical (unpaired) electrons. The summed E-state index contributed by atoms with van der Waals surface area (Å²) in [6, 6.07) is 23.0. The second kappa shape index (κ2) is 4.92. The van der Waals surface area contributed by atoms with Crippen molar-refractivity contribution in [1.29, 1.82) is 0 Å². The highest BCUT2D eigenvalue weighted by molar-refractivity contribution is 5.87. The van der Waals surface area contributed by atoms with E-state index in [1.54, 1.807) is 0 Å². The molecule has 1 aliphatic heterocycles. The van der Waals surface area contributed by atoms with Crippen molar-refractivity contribution in [2.75, 3.05) is 4.90 Å². The Morgan fingerprint density at radius 3 is 2.18 bits per heavy atom. The van der Waals surface area contributed by atoms with Crippen LogP contribution in [-0.4, -0.2) is 0 Å². The minimum atomic E-state index is 0.892. The van der Waals surface area contributed by atoms with Crippen LogP contribution in [0.3, 0.4) is 0 Å². The average Bonchev–Trinajstić information content (AvgIpc) is 2.53. The number of hydrogen-bond donors (Lipinski definition) is 0. The predicted octanol–water partition coefficient (Wildman–Crippen LogP) is 5.88. The van der Waals surface area contributed by atoms with Crippen LogP contribution in [0.1, 0.15) is 11.1 Å². The summed E-state index contributed by atoms with van der Waals surface area (Å²) in [5.74, 6) is 1.80. The molecule has 2 nitrogen and oxygen atoms in total. The van der Waals surface area contributed by atoms with E-state index in [0.717, 1.165) is 22.9 Å². The van der Waals surface area contributed by atoms with Gasteiger partial charge < -0.3 is 9.64 Å². The SMILES string of the molecule is Cc1ccc2c(c1)Oc1ccccc1N2c1ccccc1C. The van der Waals surface area contributed by atoms with Crippen molar-refractivity contribution < 1.29 is 4.74 Å². The first-order chi connectivity index (χ1) is 10.7. The summed E-state index contributed by atoms with van der Waals surface area (Å²) in [6.45, 7) is 4.23. The summed E-state index contributed by atoms with van der Waals surface area (Å²) in [4.78, 5) is 2.28. The second-order valence-corrected chi connectivity index (χ2v) is 5.66. The van der Waals surface area contributed by atoms with Crippen molar-refractivity contribution in [1.82, 2.24) is 0 Å². The summed E-state index contributed by atoms with van der Waals surface area (Å²) < 4.78 is 6.11. The zero-order chi connectivity index (χ0) is 15.1. The van der Waals surface area contributed by atoms with Crippen molar-refractivity contribution in [3.05, 3.63) is 77.9 Å². The summed E-state index contributed by atoms with van der Waals surface area (Å²) in [6.07, 6.45) is 0. The molecule has 0 N–H and O–H groups in total. The zero-order valence-electron chi connectivity index (χ0n) is 12.7. The van der Waals surface area contributed by atoms with E-state index in [-0.39, 0.29) is 0 Å². The molecule has 4 rings (SSSR count). The third-order valence-corrected chi connectivity index (χ3v) is 4.04. The molecule has 3 aromatic carbocycles. The largest absolute Gasteiger partial charge is 0.453 e. The van der Waals surface area contributed by atoms with Gasteiger partial charge in [0.05, 0.1) is 11.4 Å². The summed E-state index contributed by atoms with van der Waals surface area (Å²) in [5, 5.41) is 0. The van der Waals surface area contributed by atoms with E-state index in [4.69, 9.17) is 4.74 Å². The first-order valence-corrected chi connectivity index (χ1v) is 7.47. The fourth-order valence-corrected chi connectivity index (χ4v) is 2.94. The lowest BCUT2D eigenvalue weighted by molar-refractivity contribution is 0.476. The molecule has 2 heteroatoms. The van der Waals surface area contributed by atoms with Crippen LogP contribution >= 0.6 is 0 Å². The molecule has 108 valence electrons. The van der Waals surface area contributed by atoms with Crippen molar-refractivity contribution in [2.45, 2.75) is 13.8 Å². The van der Waals surface area contributed by atoms with E-state index in [9.17, 15) is 0 Å². The number of fused-ring (bicyclic) bond motifs is 2. The Morgan fingerprint density at radius 2 is 1.36 bits per heavy atom. The Kier molecular flexibility index (Phi) is 2.90. The molecule has 0 saturated carbocycles. The molecule has 0 amide bonds. The van der Waals surface area contributed by atoms with Gasteiger partial charge in [0, 0.05) is 5.69 Å². The number of benzene rings is 3. The van der Waals surface area contributed by atoms with Crippen LogP contribution < -0.4 is 9.64 Å². The lowest BCUT2D eigenvalue weighted by Gasteiger charge is -2.33. The summed E-state index contributed by atoms with van der Waals surface area (Å²) in [7, 11) is 0. The molecule has 3 aromatic rings. The Labute approximate surface area is 130 Å². The number of ether oxygens (including phenoxy) is 1. The normalized spacial score (nSPS) is 12.4. The van der Waals surface area contributed by atoms with Crippen molar-refractivity contribution >= 4 is 17.1 Å². The van der Waals surface area contributed by atoms with E-state index in [0.29, 0.717) is 0 Å². The van der Waals surface area contributed by atoms with Gasteiger partial charge in [0.15, 0.2) is 11.5 Å². The minimum absolute atomic E-state index is 0.892. The van der Waals surface area contributed by atoms with Gasteiger partial charge in [-0.1, -0.05) is 36.4 Å². The minimum Gasteiger partial charge on any atom is -0.453 e. The van der Waals surface area contributed by atoms with Crippen LogP contribution in [0.25, 0.3) is 0 Å². The average molecular weight is 287 g/mol. The maximum atomic E-state index is 6.11. The summed E-state index contributed by atoms with van der Waals surface area (Å²) >= 11 is 0. The Morgan fingerprint density at radius 1 is 0.682 bits per heavy atom. The molecule has 0 spiro atoms. The van der Waals surface area contributed by atoms with Crippen LogP contribution in [-0.2, 0) is 0 Å². The zero-order valence-corrected chi connectivity index (χ0v) is 12.7. The number of nitrogens with zero attached hydrogens (tertiary/aromatic N) is 1. The summed E-state index contributed by atoms with van der Waals surface area (Å²) in [5.41, 5.74) is 5.78. The molecule has 0 atom stereocenters.